The number of hydrogen-bond acceptors (Lipinski definition) is 4. The molecule has 0 fully saturated rings. The molecule has 136 valence electrons. The molecule has 6 nitrogen and oxygen atoms in total. The van der Waals surface area contributed by atoms with Crippen LogP contribution in [0.2, 0.25) is 0 Å². The Balaban J connectivity index is 1.47. The molecule has 0 radical (unpaired) electrons. The van der Waals surface area contributed by atoms with Crippen molar-refractivity contribution in [3.8, 4) is 11.3 Å². The second kappa shape index (κ2) is 6.99. The largest absolute Gasteiger partial charge is 0.381 e. The van der Waals surface area contributed by atoms with Crippen molar-refractivity contribution >= 4 is 22.7 Å². The van der Waals surface area contributed by atoms with E-state index in [9.17, 15) is 4.79 Å². The highest BCUT2D eigenvalue weighted by molar-refractivity contribution is 5.81. The van der Waals surface area contributed by atoms with E-state index >= 15 is 0 Å². The first-order valence-corrected chi connectivity index (χ1v) is 8.78. The predicted octanol–water partition coefficient (Wildman–Crippen LogP) is 3.60. The Morgan fingerprint density at radius 2 is 1.81 bits per heavy atom. The number of anilines is 2. The third kappa shape index (κ3) is 3.69. The summed E-state index contributed by atoms with van der Waals surface area (Å²) in [4.78, 5) is 24.1. The van der Waals surface area contributed by atoms with Crippen molar-refractivity contribution in [3.63, 3.8) is 0 Å². The zero-order chi connectivity index (χ0) is 18.8. The second-order valence-corrected chi connectivity index (χ2v) is 6.67. The first-order valence-electron chi connectivity index (χ1n) is 8.78. The number of pyridine rings is 1. The lowest BCUT2D eigenvalue weighted by molar-refractivity contribution is 1.05. The van der Waals surface area contributed by atoms with Crippen LogP contribution in [0.15, 0.2) is 65.5 Å². The fraction of sp³-hybridized carbons (Fsp3) is 0.143. The smallest absolute Gasteiger partial charge is 0.248 e. The first kappa shape index (κ1) is 16.9. The van der Waals surface area contributed by atoms with Gasteiger partial charge in [-0.3, -0.25) is 4.79 Å². The van der Waals surface area contributed by atoms with E-state index in [1.54, 1.807) is 6.07 Å². The highest BCUT2D eigenvalue weighted by atomic mass is 16.1. The average Bonchev–Trinajstić information content (AvgIpc) is 3.10. The lowest BCUT2D eigenvalue weighted by Crippen LogP contribution is -2.09. The minimum atomic E-state index is -0.0927. The van der Waals surface area contributed by atoms with Crippen molar-refractivity contribution in [2.75, 3.05) is 24.3 Å². The number of hydrogen-bond donors (Lipinski definition) is 3. The van der Waals surface area contributed by atoms with Crippen LogP contribution in [0.5, 0.6) is 0 Å². The predicted molar refractivity (Wildman–Crippen MR) is 110 cm³/mol. The SMILES string of the molecule is CN(C)c1nc2ccc(NCc3ccc(-c4cccc(=O)[nH]4)cc3)cc2[nH]1. The summed E-state index contributed by atoms with van der Waals surface area (Å²) >= 11 is 0. The molecule has 2 aromatic heterocycles. The minimum Gasteiger partial charge on any atom is -0.381 e. The molecule has 0 saturated carbocycles. The molecule has 0 atom stereocenters. The first-order chi connectivity index (χ1) is 13.1. The molecule has 27 heavy (non-hydrogen) atoms. The molecule has 0 aliphatic rings. The Labute approximate surface area is 156 Å². The van der Waals surface area contributed by atoms with Crippen LogP contribution in [-0.4, -0.2) is 29.0 Å². The highest BCUT2D eigenvalue weighted by Gasteiger charge is 2.05. The van der Waals surface area contributed by atoms with Gasteiger partial charge in [-0.25, -0.2) is 4.98 Å². The van der Waals surface area contributed by atoms with E-state index < -0.39 is 0 Å². The molecule has 3 N–H and O–H groups in total. The van der Waals surface area contributed by atoms with E-state index in [2.05, 4.69) is 38.5 Å². The number of benzene rings is 2. The van der Waals surface area contributed by atoms with Crippen LogP contribution in [0.3, 0.4) is 0 Å². The van der Waals surface area contributed by atoms with Gasteiger partial charge < -0.3 is 20.2 Å². The van der Waals surface area contributed by atoms with Gasteiger partial charge >= 0.3 is 0 Å². The van der Waals surface area contributed by atoms with Gasteiger partial charge in [-0.2, -0.15) is 0 Å². The van der Waals surface area contributed by atoms with Gasteiger partial charge in [0.25, 0.3) is 0 Å². The number of rotatable bonds is 5. The summed E-state index contributed by atoms with van der Waals surface area (Å²) in [5.74, 6) is 0.844. The molecule has 0 bridgehead atoms. The molecule has 0 aliphatic carbocycles. The van der Waals surface area contributed by atoms with Gasteiger partial charge in [0.2, 0.25) is 11.5 Å². The summed E-state index contributed by atoms with van der Waals surface area (Å²) in [6, 6.07) is 19.4. The summed E-state index contributed by atoms with van der Waals surface area (Å²) < 4.78 is 0. The maximum atomic E-state index is 11.4. The van der Waals surface area contributed by atoms with Crippen LogP contribution in [0.25, 0.3) is 22.3 Å². The standard InChI is InChI=1S/C21H21N5O/c1-26(2)21-24-18-11-10-16(12-19(18)25-21)22-13-14-6-8-15(9-7-14)17-4-3-5-20(27)23-17/h3-12,22H,13H2,1-2H3,(H,23,27)(H,24,25). The van der Waals surface area contributed by atoms with Gasteiger partial charge in [-0.05, 0) is 35.4 Å². The van der Waals surface area contributed by atoms with Gasteiger partial charge in [0.05, 0.1) is 11.0 Å². The average molecular weight is 359 g/mol. The molecule has 0 aliphatic heterocycles. The normalized spacial score (nSPS) is 10.9. The molecule has 4 rings (SSSR count). The molecule has 0 unspecified atom stereocenters. The van der Waals surface area contributed by atoms with E-state index in [1.165, 1.54) is 6.07 Å². The van der Waals surface area contributed by atoms with E-state index in [4.69, 9.17) is 0 Å². The van der Waals surface area contributed by atoms with Gasteiger partial charge in [0, 0.05) is 38.1 Å². The van der Waals surface area contributed by atoms with Crippen LogP contribution in [0.4, 0.5) is 11.6 Å². The molecule has 0 spiro atoms. The van der Waals surface area contributed by atoms with E-state index in [0.29, 0.717) is 6.54 Å². The maximum absolute atomic E-state index is 11.4. The van der Waals surface area contributed by atoms with Crippen molar-refractivity contribution in [1.82, 2.24) is 15.0 Å². The van der Waals surface area contributed by atoms with E-state index in [-0.39, 0.29) is 5.56 Å². The molecule has 0 amide bonds. The van der Waals surface area contributed by atoms with Crippen LogP contribution in [0, 0.1) is 0 Å². The quantitative estimate of drug-likeness (QED) is 0.509. The molecular formula is C21H21N5O. The Morgan fingerprint density at radius 3 is 2.56 bits per heavy atom. The van der Waals surface area contributed by atoms with E-state index in [0.717, 1.165) is 39.5 Å². The molecule has 0 saturated heterocycles. The van der Waals surface area contributed by atoms with Crippen LogP contribution < -0.4 is 15.8 Å². The minimum absolute atomic E-state index is 0.0927. The van der Waals surface area contributed by atoms with Crippen molar-refractivity contribution in [3.05, 3.63) is 76.6 Å². The molecule has 2 heterocycles. The van der Waals surface area contributed by atoms with Crippen LogP contribution >= 0.6 is 0 Å². The topological polar surface area (TPSA) is 76.8 Å². The van der Waals surface area contributed by atoms with Crippen molar-refractivity contribution in [2.45, 2.75) is 6.54 Å². The number of imidazole rings is 1. The Kier molecular flexibility index (Phi) is 4.38. The Morgan fingerprint density at radius 1 is 1.00 bits per heavy atom. The van der Waals surface area contributed by atoms with Crippen molar-refractivity contribution < 1.29 is 0 Å². The third-order valence-electron chi connectivity index (χ3n) is 4.42. The number of aromatic amines is 2. The Bertz CT molecular complexity index is 1130. The molecule has 4 aromatic rings. The number of H-pyrrole nitrogens is 2. The summed E-state index contributed by atoms with van der Waals surface area (Å²) in [7, 11) is 3.93. The summed E-state index contributed by atoms with van der Waals surface area (Å²) in [6.07, 6.45) is 0. The molecular weight excluding hydrogens is 338 g/mol. The van der Waals surface area contributed by atoms with Crippen molar-refractivity contribution in [1.29, 1.82) is 0 Å². The van der Waals surface area contributed by atoms with Crippen LogP contribution in [0.1, 0.15) is 5.56 Å². The molecule has 2 aromatic carbocycles. The summed E-state index contributed by atoms with van der Waals surface area (Å²) in [5.41, 5.74) is 5.88. The Hall–Kier alpha value is -3.54. The summed E-state index contributed by atoms with van der Waals surface area (Å²) in [5, 5.41) is 3.44. The zero-order valence-electron chi connectivity index (χ0n) is 15.3. The highest BCUT2D eigenvalue weighted by Crippen LogP contribution is 2.21. The lowest BCUT2D eigenvalue weighted by Gasteiger charge is -2.08. The fourth-order valence-corrected chi connectivity index (χ4v) is 2.94. The summed E-state index contributed by atoms with van der Waals surface area (Å²) in [6.45, 7) is 0.714. The molecule has 6 heteroatoms. The van der Waals surface area contributed by atoms with Crippen molar-refractivity contribution in [2.24, 2.45) is 0 Å². The monoisotopic (exact) mass is 359 g/mol. The van der Waals surface area contributed by atoms with Crippen LogP contribution in [-0.2, 0) is 6.54 Å². The zero-order valence-corrected chi connectivity index (χ0v) is 15.3. The lowest BCUT2D eigenvalue weighted by atomic mass is 10.1. The van der Waals surface area contributed by atoms with E-state index in [1.807, 2.05) is 49.3 Å². The van der Waals surface area contributed by atoms with Gasteiger partial charge in [-0.1, -0.05) is 30.3 Å². The second-order valence-electron chi connectivity index (χ2n) is 6.67. The van der Waals surface area contributed by atoms with Gasteiger partial charge in [-0.15, -0.1) is 0 Å². The van der Waals surface area contributed by atoms with Gasteiger partial charge in [0.15, 0.2) is 0 Å². The number of aromatic nitrogens is 3. The maximum Gasteiger partial charge on any atom is 0.248 e. The number of fused-ring (bicyclic) bond motifs is 1. The number of nitrogens with zero attached hydrogens (tertiary/aromatic N) is 2. The third-order valence-corrected chi connectivity index (χ3v) is 4.42. The van der Waals surface area contributed by atoms with Gasteiger partial charge in [0.1, 0.15) is 0 Å². The fourth-order valence-electron chi connectivity index (χ4n) is 2.94. The number of nitrogens with one attached hydrogen (secondary N) is 3.